The molecule has 202 valence electrons. The Balaban J connectivity index is 1.80. The molecule has 39 heavy (non-hydrogen) atoms. The number of aromatic nitrogens is 2. The number of anilines is 1. The van der Waals surface area contributed by atoms with Crippen molar-refractivity contribution < 1.29 is 46.1 Å². The maximum absolute atomic E-state index is 13.5. The van der Waals surface area contributed by atoms with E-state index >= 15 is 0 Å². The molecule has 0 spiro atoms. The summed E-state index contributed by atoms with van der Waals surface area (Å²) in [6, 6.07) is 12.0. The lowest BCUT2D eigenvalue weighted by atomic mass is 10.0. The third-order valence-corrected chi connectivity index (χ3v) is 5.64. The summed E-state index contributed by atoms with van der Waals surface area (Å²) in [5, 5.41) is 25.3. The van der Waals surface area contributed by atoms with Crippen LogP contribution in [0.1, 0.15) is 37.4 Å². The summed E-state index contributed by atoms with van der Waals surface area (Å²) < 4.78 is 82.1. The van der Waals surface area contributed by atoms with E-state index in [1.54, 1.807) is 0 Å². The first-order valence-corrected chi connectivity index (χ1v) is 11.0. The van der Waals surface area contributed by atoms with Gasteiger partial charge in [-0.15, -0.1) is 0 Å². The molecule has 0 saturated carbocycles. The van der Waals surface area contributed by atoms with Crippen LogP contribution in [-0.2, 0) is 18.9 Å². The van der Waals surface area contributed by atoms with E-state index in [4.69, 9.17) is 10.2 Å². The van der Waals surface area contributed by atoms with Gasteiger partial charge in [-0.1, -0.05) is 0 Å². The summed E-state index contributed by atoms with van der Waals surface area (Å²) in [6.07, 6.45) is -8.73. The lowest BCUT2D eigenvalue weighted by Crippen LogP contribution is -2.11. The Kier molecular flexibility index (Phi) is 7.09. The summed E-state index contributed by atoms with van der Waals surface area (Å²) in [4.78, 5) is 22.2. The zero-order chi connectivity index (χ0) is 28.5. The van der Waals surface area contributed by atoms with Crippen LogP contribution >= 0.6 is 0 Å². The van der Waals surface area contributed by atoms with E-state index in [0.717, 1.165) is 0 Å². The van der Waals surface area contributed by atoms with E-state index in [1.807, 2.05) is 0 Å². The van der Waals surface area contributed by atoms with Crippen LogP contribution in [-0.4, -0.2) is 31.9 Å². The Morgan fingerprint density at radius 1 is 0.769 bits per heavy atom. The van der Waals surface area contributed by atoms with Crippen molar-refractivity contribution in [2.75, 3.05) is 5.32 Å². The molecule has 0 unspecified atom stereocenters. The van der Waals surface area contributed by atoms with Crippen LogP contribution in [0.15, 0.2) is 72.9 Å². The van der Waals surface area contributed by atoms with E-state index < -0.39 is 41.0 Å². The first kappa shape index (κ1) is 27.2. The van der Waals surface area contributed by atoms with Gasteiger partial charge in [-0.3, -0.25) is 0 Å². The molecular formula is C26H17F6N3O4. The summed E-state index contributed by atoms with van der Waals surface area (Å²) in [7, 11) is 0. The van der Waals surface area contributed by atoms with Gasteiger partial charge in [0.15, 0.2) is 0 Å². The number of carboxylic acid groups (broad SMARTS) is 2. The second kappa shape index (κ2) is 10.2. The standard InChI is InChI=1S/C26H17F6N3O4/c27-25(28,29)18-9-16(10-19(11-18)26(30,31)32)22-17(12-33-20-5-1-14(2-6-20)23(36)37)13-35(34-22)21-7-3-15(4-8-21)24(38)39/h1-11,13,33H,12H2,(H,36,37)(H,38,39). The smallest absolute Gasteiger partial charge is 0.416 e. The Labute approximate surface area is 215 Å². The van der Waals surface area contributed by atoms with Gasteiger partial charge >= 0.3 is 24.3 Å². The van der Waals surface area contributed by atoms with Gasteiger partial charge in [0.2, 0.25) is 0 Å². The molecule has 0 aliphatic heterocycles. The quantitative estimate of drug-likeness (QED) is 0.225. The van der Waals surface area contributed by atoms with E-state index in [2.05, 4.69) is 10.4 Å². The molecule has 13 heteroatoms. The summed E-state index contributed by atoms with van der Waals surface area (Å²) in [5.74, 6) is -2.34. The topological polar surface area (TPSA) is 104 Å². The van der Waals surface area contributed by atoms with Crippen LogP contribution in [0, 0.1) is 0 Å². The summed E-state index contributed by atoms with van der Waals surface area (Å²) in [6.45, 7) is -0.105. The largest absolute Gasteiger partial charge is 0.478 e. The number of carboxylic acids is 2. The molecule has 3 aromatic carbocycles. The van der Waals surface area contributed by atoms with E-state index in [9.17, 15) is 35.9 Å². The van der Waals surface area contributed by atoms with Crippen molar-refractivity contribution in [3.05, 3.63) is 101 Å². The lowest BCUT2D eigenvalue weighted by molar-refractivity contribution is -0.143. The van der Waals surface area contributed by atoms with Gasteiger partial charge < -0.3 is 15.5 Å². The number of hydrogen-bond acceptors (Lipinski definition) is 4. The molecule has 0 fully saturated rings. The Morgan fingerprint density at radius 3 is 1.72 bits per heavy atom. The van der Waals surface area contributed by atoms with Crippen LogP contribution < -0.4 is 5.32 Å². The normalized spacial score (nSPS) is 11.8. The molecule has 0 radical (unpaired) electrons. The molecule has 7 nitrogen and oxygen atoms in total. The molecule has 1 heterocycles. The third-order valence-electron chi connectivity index (χ3n) is 5.64. The number of carbonyl (C=O) groups is 2. The molecule has 3 N–H and O–H groups in total. The summed E-state index contributed by atoms with van der Waals surface area (Å²) >= 11 is 0. The lowest BCUT2D eigenvalue weighted by Gasteiger charge is -2.14. The molecular weight excluding hydrogens is 532 g/mol. The molecule has 0 saturated heterocycles. The van der Waals surface area contributed by atoms with Gasteiger partial charge in [0.1, 0.15) is 0 Å². The zero-order valence-corrected chi connectivity index (χ0v) is 19.5. The monoisotopic (exact) mass is 549 g/mol. The minimum atomic E-state index is -5.06. The fraction of sp³-hybridized carbons (Fsp3) is 0.115. The predicted molar refractivity (Wildman–Crippen MR) is 127 cm³/mol. The second-order valence-corrected chi connectivity index (χ2v) is 8.33. The molecule has 1 aromatic heterocycles. The maximum Gasteiger partial charge on any atom is 0.416 e. The Morgan fingerprint density at radius 2 is 1.26 bits per heavy atom. The van der Waals surface area contributed by atoms with Crippen molar-refractivity contribution in [2.45, 2.75) is 18.9 Å². The van der Waals surface area contributed by atoms with E-state index in [1.165, 1.54) is 59.4 Å². The van der Waals surface area contributed by atoms with Crippen LogP contribution in [0.3, 0.4) is 0 Å². The number of nitrogens with one attached hydrogen (secondary N) is 1. The second-order valence-electron chi connectivity index (χ2n) is 8.33. The first-order chi connectivity index (χ1) is 18.2. The van der Waals surface area contributed by atoms with Gasteiger partial charge in [-0.2, -0.15) is 31.4 Å². The molecule has 4 aromatic rings. The fourth-order valence-corrected chi connectivity index (χ4v) is 3.69. The number of halogens is 6. The van der Waals surface area contributed by atoms with E-state index in [0.29, 0.717) is 23.5 Å². The van der Waals surface area contributed by atoms with Crippen molar-refractivity contribution in [2.24, 2.45) is 0 Å². The third kappa shape index (κ3) is 6.20. The zero-order valence-electron chi connectivity index (χ0n) is 19.5. The van der Waals surface area contributed by atoms with Crippen LogP contribution in [0.4, 0.5) is 32.0 Å². The predicted octanol–water partition coefficient (Wildman–Crippen LogP) is 6.59. The molecule has 0 amide bonds. The Hall–Kier alpha value is -4.81. The fourth-order valence-electron chi connectivity index (χ4n) is 3.69. The number of rotatable bonds is 7. The van der Waals surface area contributed by atoms with Crippen LogP contribution in [0.2, 0.25) is 0 Å². The highest BCUT2D eigenvalue weighted by molar-refractivity contribution is 5.88. The number of benzene rings is 3. The van der Waals surface area contributed by atoms with Gasteiger partial charge in [0.05, 0.1) is 33.6 Å². The average Bonchev–Trinajstić information content (AvgIpc) is 3.31. The first-order valence-electron chi connectivity index (χ1n) is 11.0. The minimum Gasteiger partial charge on any atom is -0.478 e. The van der Waals surface area contributed by atoms with Gasteiger partial charge in [0.25, 0.3) is 0 Å². The highest BCUT2D eigenvalue weighted by Gasteiger charge is 2.37. The SMILES string of the molecule is O=C(O)c1ccc(NCc2cn(-c3ccc(C(=O)O)cc3)nc2-c2cc(C(F)(F)F)cc(C(F)(F)F)c2)cc1. The van der Waals surface area contributed by atoms with E-state index in [-0.39, 0.29) is 35.0 Å². The van der Waals surface area contributed by atoms with Crippen molar-refractivity contribution in [3.63, 3.8) is 0 Å². The summed E-state index contributed by atoms with van der Waals surface area (Å²) in [5.41, 5.74) is -2.68. The number of aromatic carboxylic acids is 2. The van der Waals surface area contributed by atoms with Gasteiger partial charge in [-0.05, 0) is 66.7 Å². The number of hydrogen-bond donors (Lipinski definition) is 3. The molecule has 0 bridgehead atoms. The Bertz CT molecular complexity index is 1490. The highest BCUT2D eigenvalue weighted by atomic mass is 19.4. The van der Waals surface area contributed by atoms with Gasteiger partial charge in [0, 0.05) is 29.6 Å². The molecule has 0 aliphatic rings. The van der Waals surface area contributed by atoms with Crippen LogP contribution in [0.25, 0.3) is 16.9 Å². The minimum absolute atomic E-state index is 0.0162. The molecule has 4 rings (SSSR count). The molecule has 0 atom stereocenters. The van der Waals surface area contributed by atoms with Crippen molar-refractivity contribution in [1.82, 2.24) is 9.78 Å². The number of nitrogens with zero attached hydrogens (tertiary/aromatic N) is 2. The van der Waals surface area contributed by atoms with Crippen molar-refractivity contribution >= 4 is 17.6 Å². The van der Waals surface area contributed by atoms with Gasteiger partial charge in [-0.25, -0.2) is 14.3 Å². The average molecular weight is 549 g/mol. The maximum atomic E-state index is 13.5. The molecule has 0 aliphatic carbocycles. The van der Waals surface area contributed by atoms with Crippen LogP contribution in [0.5, 0.6) is 0 Å². The van der Waals surface area contributed by atoms with Crippen molar-refractivity contribution in [1.29, 1.82) is 0 Å². The number of alkyl halides is 6. The highest BCUT2D eigenvalue weighted by Crippen LogP contribution is 2.39. The van der Waals surface area contributed by atoms with Crippen molar-refractivity contribution in [3.8, 4) is 16.9 Å².